The maximum atomic E-state index is 13.6. The number of hydrogen-bond donors (Lipinski definition) is 7. The van der Waals surface area contributed by atoms with Gasteiger partial charge in [-0.2, -0.15) is 0 Å². The van der Waals surface area contributed by atoms with Crippen LogP contribution in [0.2, 0.25) is 0 Å². The molecule has 7 rings (SSSR count). The summed E-state index contributed by atoms with van der Waals surface area (Å²) in [6.07, 6.45) is 8.34. The molecule has 0 radical (unpaired) electrons. The van der Waals surface area contributed by atoms with E-state index < -0.39 is 6.10 Å². The fourth-order valence-corrected chi connectivity index (χ4v) is 9.35. The van der Waals surface area contributed by atoms with Gasteiger partial charge < -0.3 is 30.1 Å². The fraction of sp³-hybridized carbons (Fsp3) is 0.939. The van der Waals surface area contributed by atoms with Crippen LogP contribution in [-0.4, -0.2) is 134 Å². The number of nitrogens with one attached hydrogen (secondary N) is 6. The molecule has 7 aliphatic rings. The summed E-state index contributed by atoms with van der Waals surface area (Å²) in [7, 11) is 0. The van der Waals surface area contributed by atoms with Gasteiger partial charge >= 0.3 is 0 Å². The zero-order chi connectivity index (χ0) is 31.8. The predicted molar refractivity (Wildman–Crippen MR) is 172 cm³/mol. The highest BCUT2D eigenvalue weighted by Crippen LogP contribution is 2.38. The molecule has 2 bridgehead atoms. The van der Waals surface area contributed by atoms with E-state index >= 15 is 0 Å². The number of fused-ring (bicyclic) bond motifs is 3. The van der Waals surface area contributed by atoms with Crippen LogP contribution in [0.3, 0.4) is 0 Å². The van der Waals surface area contributed by atoms with Crippen molar-refractivity contribution in [2.24, 2.45) is 23.7 Å². The van der Waals surface area contributed by atoms with Crippen molar-refractivity contribution in [3.05, 3.63) is 0 Å². The number of rotatable bonds is 10. The van der Waals surface area contributed by atoms with Gasteiger partial charge in [0.05, 0.1) is 43.9 Å². The molecule has 7 N–H and O–H groups in total. The van der Waals surface area contributed by atoms with Gasteiger partial charge in [0.15, 0.2) is 0 Å². The lowest BCUT2D eigenvalue weighted by Gasteiger charge is -2.48. The van der Waals surface area contributed by atoms with Crippen LogP contribution in [-0.2, 0) is 19.1 Å². The molecule has 2 aliphatic carbocycles. The van der Waals surface area contributed by atoms with Crippen molar-refractivity contribution in [1.82, 2.24) is 41.7 Å². The number of ether oxygens (including phenoxy) is 2. The summed E-state index contributed by atoms with van der Waals surface area (Å²) < 4.78 is 12.0. The van der Waals surface area contributed by atoms with Crippen molar-refractivity contribution in [2.75, 3.05) is 52.6 Å². The molecule has 13 nitrogen and oxygen atoms in total. The minimum atomic E-state index is -0.635. The maximum Gasteiger partial charge on any atom is 0.237 e. The second kappa shape index (κ2) is 14.6. The highest BCUT2D eigenvalue weighted by Gasteiger charge is 2.42. The molecule has 2 saturated carbocycles. The summed E-state index contributed by atoms with van der Waals surface area (Å²) >= 11 is 0. The molecule has 2 amide bonds. The molecule has 0 spiro atoms. The highest BCUT2D eigenvalue weighted by molar-refractivity contribution is 5.82. The number of likely N-dealkylation sites (tertiary alicyclic amines) is 2. The van der Waals surface area contributed by atoms with Gasteiger partial charge in [0, 0.05) is 64.2 Å². The smallest absolute Gasteiger partial charge is 0.237 e. The van der Waals surface area contributed by atoms with Gasteiger partial charge in [-0.1, -0.05) is 0 Å². The van der Waals surface area contributed by atoms with Crippen molar-refractivity contribution in [3.8, 4) is 0 Å². The van der Waals surface area contributed by atoms with Crippen LogP contribution in [0.5, 0.6) is 0 Å². The average molecular weight is 647 g/mol. The van der Waals surface area contributed by atoms with Crippen LogP contribution < -0.4 is 31.9 Å². The number of nitrogens with zero attached hydrogens (tertiary/aromatic N) is 2. The van der Waals surface area contributed by atoms with Gasteiger partial charge in [-0.25, -0.2) is 0 Å². The molecular formula is C33H58N8O5. The molecule has 10 unspecified atom stereocenters. The molecule has 0 aromatic rings. The zero-order valence-corrected chi connectivity index (χ0v) is 27.8. The molecule has 0 aromatic carbocycles. The van der Waals surface area contributed by atoms with E-state index in [0.717, 1.165) is 57.2 Å². The van der Waals surface area contributed by atoms with E-state index in [0.29, 0.717) is 50.7 Å². The number of carbonyl (C=O) groups is 2. The van der Waals surface area contributed by atoms with Crippen LogP contribution in [0.1, 0.15) is 65.2 Å². The summed E-state index contributed by atoms with van der Waals surface area (Å²) in [6.45, 7) is 9.64. The fourth-order valence-electron chi connectivity index (χ4n) is 9.35. The van der Waals surface area contributed by atoms with Gasteiger partial charge in [-0.3, -0.25) is 35.8 Å². The van der Waals surface area contributed by atoms with Gasteiger partial charge in [-0.05, 0) is 82.1 Å². The van der Waals surface area contributed by atoms with Gasteiger partial charge in [-0.15, -0.1) is 0 Å². The van der Waals surface area contributed by atoms with E-state index in [-0.39, 0.29) is 61.1 Å². The van der Waals surface area contributed by atoms with E-state index in [9.17, 15) is 14.7 Å². The summed E-state index contributed by atoms with van der Waals surface area (Å²) in [4.78, 5) is 29.6. The minimum absolute atomic E-state index is 0.0207. The van der Waals surface area contributed by atoms with Crippen molar-refractivity contribution >= 4 is 11.8 Å². The van der Waals surface area contributed by atoms with Crippen LogP contribution >= 0.6 is 0 Å². The minimum Gasteiger partial charge on any atom is -0.390 e. The number of piperidine rings is 2. The lowest BCUT2D eigenvalue weighted by molar-refractivity contribution is -0.133. The average Bonchev–Trinajstić information content (AvgIpc) is 3.61. The third-order valence-corrected chi connectivity index (χ3v) is 12.3. The molecule has 0 aromatic heterocycles. The first-order chi connectivity index (χ1) is 22.3. The van der Waals surface area contributed by atoms with E-state index in [4.69, 9.17) is 9.47 Å². The number of carbonyl (C=O) groups excluding carboxylic acids is 2. The Bertz CT molecular complexity index is 1050. The molecule has 5 saturated heterocycles. The summed E-state index contributed by atoms with van der Waals surface area (Å²) in [6, 6.07) is 0.172. The largest absolute Gasteiger partial charge is 0.390 e. The molecule has 5 heterocycles. The topological polar surface area (TPSA) is 151 Å². The van der Waals surface area contributed by atoms with Gasteiger partial charge in [0.25, 0.3) is 0 Å². The number of amides is 2. The third-order valence-electron chi connectivity index (χ3n) is 12.3. The molecule has 5 aliphatic heterocycles. The Balaban J connectivity index is 0.878. The second-order valence-electron chi connectivity index (χ2n) is 15.6. The quantitative estimate of drug-likeness (QED) is 0.158. The van der Waals surface area contributed by atoms with Crippen LogP contribution in [0, 0.1) is 23.7 Å². The molecule has 7 fully saturated rings. The highest BCUT2D eigenvalue weighted by atomic mass is 16.5. The molecule has 260 valence electrons. The Morgan fingerprint density at radius 3 is 2.52 bits per heavy atom. The lowest BCUT2D eigenvalue weighted by Crippen LogP contribution is -2.73. The standard InChI is InChI=1S/C33H58N8O5/c1-19-30(46-18-36-19)17-45-26-6-5-23-9-27(34-11-24(23)8-26)29(43)12-35-32(44)28-10-31(37-25-15-40(16-25)20(2)42)39-33(38-28)41-13-21-3-4-22(7-21)14-41/h19,21-31,33-34,36-39,43H,3-18H2,1-2H3,(H,35,44)/t19?,21?,22?,23?,24?,26?,27-,28?,29+,30?,31?,33?/m0/s1. The lowest BCUT2D eigenvalue weighted by atomic mass is 9.72. The van der Waals surface area contributed by atoms with E-state index in [1.807, 2.05) is 4.90 Å². The first kappa shape index (κ1) is 33.1. The molecular weight excluding hydrogens is 588 g/mol. The van der Waals surface area contributed by atoms with E-state index in [2.05, 4.69) is 43.7 Å². The van der Waals surface area contributed by atoms with Crippen molar-refractivity contribution in [2.45, 2.75) is 120 Å². The summed E-state index contributed by atoms with van der Waals surface area (Å²) in [5, 5.41) is 32.2. The molecule has 46 heavy (non-hydrogen) atoms. The normalized spacial score (nSPS) is 42.3. The Labute approximate surface area is 274 Å². The molecule has 12 atom stereocenters. The van der Waals surface area contributed by atoms with Crippen LogP contribution in [0.25, 0.3) is 0 Å². The number of aliphatic hydroxyl groups is 1. The number of aliphatic hydroxyl groups excluding tert-OH is 1. The Kier molecular flexibility index (Phi) is 10.5. The first-order valence-corrected chi connectivity index (χ1v) is 18.2. The Morgan fingerprint density at radius 1 is 0.978 bits per heavy atom. The predicted octanol–water partition coefficient (Wildman–Crippen LogP) is -0.925. The van der Waals surface area contributed by atoms with Gasteiger partial charge in [0.2, 0.25) is 11.8 Å². The third kappa shape index (κ3) is 7.73. The maximum absolute atomic E-state index is 13.6. The SMILES string of the molecule is CC(=O)N1CC(NC2CC(C(=O)NC[C@@H](O)[C@@H]3CC4CCC(OCC5OCNC5C)CC4CN3)NC(N3CC4CCC(C4)C3)N2)C1. The first-order valence-electron chi connectivity index (χ1n) is 18.2. The second-order valence-corrected chi connectivity index (χ2v) is 15.6. The molecule has 13 heteroatoms. The Hall–Kier alpha value is -1.42. The Morgan fingerprint density at radius 2 is 1.78 bits per heavy atom. The van der Waals surface area contributed by atoms with Crippen LogP contribution in [0.15, 0.2) is 0 Å². The number of hydrogen-bond acceptors (Lipinski definition) is 11. The monoisotopic (exact) mass is 646 g/mol. The summed E-state index contributed by atoms with van der Waals surface area (Å²) in [5.74, 6) is 2.66. The van der Waals surface area contributed by atoms with E-state index in [1.165, 1.54) is 19.3 Å². The summed E-state index contributed by atoms with van der Waals surface area (Å²) in [5.41, 5.74) is 0. The van der Waals surface area contributed by atoms with Gasteiger partial charge in [0.1, 0.15) is 6.29 Å². The van der Waals surface area contributed by atoms with Crippen molar-refractivity contribution < 1.29 is 24.2 Å². The van der Waals surface area contributed by atoms with Crippen molar-refractivity contribution in [3.63, 3.8) is 0 Å². The van der Waals surface area contributed by atoms with Crippen LogP contribution in [0.4, 0.5) is 0 Å². The van der Waals surface area contributed by atoms with Crippen molar-refractivity contribution in [1.29, 1.82) is 0 Å². The zero-order valence-electron chi connectivity index (χ0n) is 27.8. The van der Waals surface area contributed by atoms with E-state index in [1.54, 1.807) is 6.92 Å².